The lowest BCUT2D eigenvalue weighted by Crippen LogP contribution is -2.35. The van der Waals surface area contributed by atoms with Crippen LogP contribution in [0.4, 0.5) is 5.82 Å². The van der Waals surface area contributed by atoms with Crippen LogP contribution < -0.4 is 15.4 Å². The van der Waals surface area contributed by atoms with Gasteiger partial charge in [-0.1, -0.05) is 12.1 Å². The van der Waals surface area contributed by atoms with Gasteiger partial charge in [0, 0.05) is 19.7 Å². The van der Waals surface area contributed by atoms with Gasteiger partial charge in [-0.05, 0) is 43.5 Å². The van der Waals surface area contributed by atoms with Gasteiger partial charge in [0.15, 0.2) is 0 Å². The van der Waals surface area contributed by atoms with Gasteiger partial charge in [0.1, 0.15) is 22.7 Å². The van der Waals surface area contributed by atoms with Crippen LogP contribution in [0.2, 0.25) is 0 Å². The first-order chi connectivity index (χ1) is 14.0. The van der Waals surface area contributed by atoms with Crippen molar-refractivity contribution in [3.8, 4) is 5.75 Å². The minimum Gasteiger partial charge on any atom is -0.497 e. The lowest BCUT2D eigenvalue weighted by atomic mass is 10.1. The average molecular weight is 415 g/mol. The number of hydrogen-bond donors (Lipinski definition) is 2. The lowest BCUT2D eigenvalue weighted by Gasteiger charge is -2.12. The van der Waals surface area contributed by atoms with Crippen LogP contribution in [0.3, 0.4) is 0 Å². The molecule has 0 aliphatic heterocycles. The van der Waals surface area contributed by atoms with Gasteiger partial charge in [0.25, 0.3) is 5.91 Å². The number of carbonyl (C=O) groups excluding carboxylic acids is 1. The molecule has 0 aliphatic carbocycles. The van der Waals surface area contributed by atoms with E-state index in [1.54, 1.807) is 14.2 Å². The predicted octanol–water partition coefficient (Wildman–Crippen LogP) is 3.43. The summed E-state index contributed by atoms with van der Waals surface area (Å²) in [6.45, 7) is 5.02. The molecule has 3 aromatic rings. The third-order valence-electron chi connectivity index (χ3n) is 4.57. The van der Waals surface area contributed by atoms with E-state index in [0.29, 0.717) is 18.0 Å². The van der Waals surface area contributed by atoms with Gasteiger partial charge in [-0.25, -0.2) is 9.97 Å². The number of carbonyl (C=O) groups is 1. The number of hydrogen-bond acceptors (Lipinski definition) is 7. The van der Waals surface area contributed by atoms with Gasteiger partial charge in [-0.3, -0.25) is 4.79 Å². The Morgan fingerprint density at radius 2 is 2.10 bits per heavy atom. The molecular weight excluding hydrogens is 388 g/mol. The number of nitrogens with one attached hydrogen (secondary N) is 2. The molecule has 3 rings (SSSR count). The van der Waals surface area contributed by atoms with E-state index in [-0.39, 0.29) is 11.9 Å². The maximum absolute atomic E-state index is 12.7. The van der Waals surface area contributed by atoms with Gasteiger partial charge >= 0.3 is 0 Å². The van der Waals surface area contributed by atoms with Crippen molar-refractivity contribution in [1.82, 2.24) is 15.3 Å². The quantitative estimate of drug-likeness (QED) is 0.558. The van der Waals surface area contributed by atoms with Gasteiger partial charge < -0.3 is 20.1 Å². The largest absolute Gasteiger partial charge is 0.497 e. The second-order valence-corrected chi connectivity index (χ2v) is 7.82. The zero-order valence-electron chi connectivity index (χ0n) is 17.1. The highest BCUT2D eigenvalue weighted by molar-refractivity contribution is 7.20. The van der Waals surface area contributed by atoms with Gasteiger partial charge in [-0.15, -0.1) is 11.3 Å². The van der Waals surface area contributed by atoms with Crippen molar-refractivity contribution in [1.29, 1.82) is 0 Å². The summed E-state index contributed by atoms with van der Waals surface area (Å²) in [6, 6.07) is 7.94. The van der Waals surface area contributed by atoms with E-state index in [2.05, 4.69) is 26.7 Å². The maximum Gasteiger partial charge on any atom is 0.262 e. The molecule has 154 valence electrons. The summed E-state index contributed by atoms with van der Waals surface area (Å²) in [5.74, 6) is 1.48. The lowest BCUT2D eigenvalue weighted by molar-refractivity contribution is 0.0909. The Kier molecular flexibility index (Phi) is 7.00. The van der Waals surface area contributed by atoms with Crippen LogP contribution >= 0.6 is 11.3 Å². The fraction of sp³-hybridized carbons (Fsp3) is 0.381. The third kappa shape index (κ3) is 5.02. The number of anilines is 1. The Balaban J connectivity index is 1.75. The molecule has 0 bridgehead atoms. The molecular formula is C21H26N4O3S. The van der Waals surface area contributed by atoms with E-state index in [1.165, 1.54) is 23.2 Å². The Morgan fingerprint density at radius 3 is 2.86 bits per heavy atom. The number of fused-ring (bicyclic) bond motifs is 1. The minimum absolute atomic E-state index is 0.0661. The van der Waals surface area contributed by atoms with Crippen LogP contribution in [0.25, 0.3) is 10.2 Å². The van der Waals surface area contributed by atoms with Gasteiger partial charge in [-0.2, -0.15) is 0 Å². The Bertz CT molecular complexity index is 989. The molecule has 0 aliphatic rings. The summed E-state index contributed by atoms with van der Waals surface area (Å²) in [5, 5.41) is 7.25. The SMILES string of the molecule is COCC(C)NC(=O)c1sc2ncnc(NCCc3cccc(OC)c3)c2c1C. The smallest absolute Gasteiger partial charge is 0.262 e. The first kappa shape index (κ1) is 21.0. The molecule has 1 aromatic carbocycles. The van der Waals surface area contributed by atoms with E-state index in [9.17, 15) is 4.79 Å². The van der Waals surface area contributed by atoms with Crippen LogP contribution in [0.1, 0.15) is 27.7 Å². The number of aryl methyl sites for hydroxylation is 1. The number of benzene rings is 1. The van der Waals surface area contributed by atoms with E-state index >= 15 is 0 Å². The second kappa shape index (κ2) is 9.67. The molecule has 0 saturated carbocycles. The molecule has 29 heavy (non-hydrogen) atoms. The molecule has 2 heterocycles. The molecule has 2 aromatic heterocycles. The molecule has 8 heteroatoms. The van der Waals surface area contributed by atoms with Crippen LogP contribution in [-0.2, 0) is 11.2 Å². The van der Waals surface area contributed by atoms with Crippen LogP contribution in [0.15, 0.2) is 30.6 Å². The Morgan fingerprint density at radius 1 is 1.28 bits per heavy atom. The van der Waals surface area contributed by atoms with Gasteiger partial charge in [0.05, 0.1) is 24.0 Å². The molecule has 0 spiro atoms. The van der Waals surface area contributed by atoms with Crippen molar-refractivity contribution < 1.29 is 14.3 Å². The number of thiophene rings is 1. The molecule has 1 atom stereocenters. The molecule has 0 radical (unpaired) electrons. The minimum atomic E-state index is -0.114. The fourth-order valence-corrected chi connectivity index (χ4v) is 4.21. The molecule has 7 nitrogen and oxygen atoms in total. The van der Waals surface area contributed by atoms with Crippen molar-refractivity contribution in [3.63, 3.8) is 0 Å². The monoisotopic (exact) mass is 414 g/mol. The normalized spacial score (nSPS) is 12.0. The standard InChI is InChI=1S/C21H26N4O3S/c1-13(11-27-3)25-20(26)18-14(2)17-19(23-12-24-21(17)29-18)22-9-8-15-6-5-7-16(10-15)28-4/h5-7,10,12-13H,8-9,11H2,1-4H3,(H,25,26)(H,22,23,24). The summed E-state index contributed by atoms with van der Waals surface area (Å²) < 4.78 is 10.4. The van der Waals surface area contributed by atoms with Crippen LogP contribution in [0, 0.1) is 6.92 Å². The van der Waals surface area contributed by atoms with E-state index in [0.717, 1.165) is 33.8 Å². The summed E-state index contributed by atoms with van der Waals surface area (Å²) in [4.78, 5) is 22.9. The number of methoxy groups -OCH3 is 2. The number of rotatable bonds is 9. The molecule has 0 fully saturated rings. The second-order valence-electron chi connectivity index (χ2n) is 6.82. The van der Waals surface area contributed by atoms with E-state index in [4.69, 9.17) is 9.47 Å². The topological polar surface area (TPSA) is 85.4 Å². The van der Waals surface area contributed by atoms with Crippen molar-refractivity contribution in [2.24, 2.45) is 0 Å². The fourth-order valence-electron chi connectivity index (χ4n) is 3.16. The third-order valence-corrected chi connectivity index (χ3v) is 5.77. The highest BCUT2D eigenvalue weighted by Gasteiger charge is 2.20. The van der Waals surface area contributed by atoms with Crippen molar-refractivity contribution >= 4 is 33.3 Å². The molecule has 2 N–H and O–H groups in total. The van der Waals surface area contributed by atoms with Crippen molar-refractivity contribution in [3.05, 3.63) is 46.6 Å². The highest BCUT2D eigenvalue weighted by atomic mass is 32.1. The summed E-state index contributed by atoms with van der Waals surface area (Å²) in [5.41, 5.74) is 2.06. The number of amides is 1. The molecule has 1 unspecified atom stereocenters. The Labute approximate surface area is 174 Å². The number of aromatic nitrogens is 2. The number of nitrogens with zero attached hydrogens (tertiary/aromatic N) is 2. The van der Waals surface area contributed by atoms with Crippen molar-refractivity contribution in [2.75, 3.05) is 32.7 Å². The summed E-state index contributed by atoms with van der Waals surface area (Å²) in [6.07, 6.45) is 2.36. The number of ether oxygens (including phenoxy) is 2. The van der Waals surface area contributed by atoms with Crippen molar-refractivity contribution in [2.45, 2.75) is 26.3 Å². The Hall–Kier alpha value is -2.71. The zero-order valence-corrected chi connectivity index (χ0v) is 17.9. The van der Waals surface area contributed by atoms with Crippen LogP contribution in [-0.4, -0.2) is 49.3 Å². The molecule has 1 amide bonds. The first-order valence-electron chi connectivity index (χ1n) is 9.44. The predicted molar refractivity (Wildman–Crippen MR) is 116 cm³/mol. The van der Waals surface area contributed by atoms with Crippen LogP contribution in [0.5, 0.6) is 5.75 Å². The zero-order chi connectivity index (χ0) is 20.8. The van der Waals surface area contributed by atoms with E-state index in [1.807, 2.05) is 32.0 Å². The van der Waals surface area contributed by atoms with Gasteiger partial charge in [0.2, 0.25) is 0 Å². The van der Waals surface area contributed by atoms with E-state index < -0.39 is 0 Å². The highest BCUT2D eigenvalue weighted by Crippen LogP contribution is 2.33. The summed E-state index contributed by atoms with van der Waals surface area (Å²) in [7, 11) is 3.28. The molecule has 0 saturated heterocycles. The first-order valence-corrected chi connectivity index (χ1v) is 10.3. The summed E-state index contributed by atoms with van der Waals surface area (Å²) >= 11 is 1.38. The average Bonchev–Trinajstić information content (AvgIpc) is 3.06. The maximum atomic E-state index is 12.7.